The second kappa shape index (κ2) is 5.51. The molecule has 0 spiro atoms. The number of rotatable bonds is 4. The van der Waals surface area contributed by atoms with Gasteiger partial charge in [0, 0.05) is 12.1 Å². The number of aromatic hydroxyl groups is 1. The summed E-state index contributed by atoms with van der Waals surface area (Å²) in [4.78, 5) is 11.7. The smallest absolute Gasteiger partial charge is 0.251 e. The van der Waals surface area contributed by atoms with Crippen LogP contribution in [0.2, 0.25) is 0 Å². The van der Waals surface area contributed by atoms with Gasteiger partial charge in [-0.05, 0) is 44.0 Å². The Hall–Kier alpha value is -1.55. The molecule has 4 nitrogen and oxygen atoms in total. The van der Waals surface area contributed by atoms with Crippen molar-refractivity contribution in [2.45, 2.75) is 26.4 Å². The van der Waals surface area contributed by atoms with Gasteiger partial charge in [0.1, 0.15) is 5.75 Å². The van der Waals surface area contributed by atoms with Crippen LogP contribution >= 0.6 is 0 Å². The van der Waals surface area contributed by atoms with E-state index in [1.165, 1.54) is 6.07 Å². The largest absolute Gasteiger partial charge is 0.508 e. The molecule has 1 rings (SSSR count). The summed E-state index contributed by atoms with van der Waals surface area (Å²) >= 11 is 0. The van der Waals surface area contributed by atoms with E-state index in [0.717, 1.165) is 5.56 Å². The minimum absolute atomic E-state index is 0.151. The van der Waals surface area contributed by atoms with Gasteiger partial charge in [-0.3, -0.25) is 4.79 Å². The quantitative estimate of drug-likeness (QED) is 0.718. The Bertz CT molecular complexity index is 375. The molecule has 1 amide bonds. The predicted molar refractivity (Wildman–Crippen MR) is 61.5 cm³/mol. The molecule has 16 heavy (non-hydrogen) atoms. The standard InChI is InChI=1S/C12H17NO3/c1-8-7-10(15)3-4-11(8)12(16)13-6-5-9(2)14/h3-4,7,9,14-15H,5-6H2,1-2H3,(H,13,16). The van der Waals surface area contributed by atoms with Crippen LogP contribution in [0.25, 0.3) is 0 Å². The maximum Gasteiger partial charge on any atom is 0.251 e. The third kappa shape index (κ3) is 3.55. The van der Waals surface area contributed by atoms with Crippen LogP contribution in [-0.4, -0.2) is 28.8 Å². The molecular formula is C12H17NO3. The van der Waals surface area contributed by atoms with E-state index in [4.69, 9.17) is 5.11 Å². The summed E-state index contributed by atoms with van der Waals surface area (Å²) < 4.78 is 0. The maximum atomic E-state index is 11.7. The molecule has 1 atom stereocenters. The molecule has 0 aliphatic rings. The fourth-order valence-corrected chi connectivity index (χ4v) is 1.39. The van der Waals surface area contributed by atoms with Crippen LogP contribution in [0.1, 0.15) is 29.3 Å². The molecular weight excluding hydrogens is 206 g/mol. The lowest BCUT2D eigenvalue weighted by Gasteiger charge is -2.08. The first-order valence-corrected chi connectivity index (χ1v) is 5.26. The van der Waals surface area contributed by atoms with Crippen molar-refractivity contribution in [1.29, 1.82) is 0 Å². The molecule has 3 N–H and O–H groups in total. The number of hydrogen-bond donors (Lipinski definition) is 3. The number of phenolic OH excluding ortho intramolecular Hbond substituents is 1. The summed E-state index contributed by atoms with van der Waals surface area (Å²) in [6.45, 7) is 3.89. The van der Waals surface area contributed by atoms with Crippen LogP contribution in [0, 0.1) is 6.92 Å². The van der Waals surface area contributed by atoms with Crippen LogP contribution in [-0.2, 0) is 0 Å². The Labute approximate surface area is 94.9 Å². The number of aliphatic hydroxyl groups excluding tert-OH is 1. The van der Waals surface area contributed by atoms with Crippen molar-refractivity contribution >= 4 is 5.91 Å². The maximum absolute atomic E-state index is 11.7. The van der Waals surface area contributed by atoms with Gasteiger partial charge in [-0.2, -0.15) is 0 Å². The molecule has 1 aromatic carbocycles. The molecule has 1 unspecified atom stereocenters. The van der Waals surface area contributed by atoms with E-state index in [-0.39, 0.29) is 11.7 Å². The van der Waals surface area contributed by atoms with Gasteiger partial charge in [0.2, 0.25) is 0 Å². The second-order valence-electron chi connectivity index (χ2n) is 3.89. The molecule has 0 heterocycles. The van der Waals surface area contributed by atoms with Crippen LogP contribution in [0.3, 0.4) is 0 Å². The highest BCUT2D eigenvalue weighted by Crippen LogP contribution is 2.15. The molecule has 1 aromatic rings. The van der Waals surface area contributed by atoms with E-state index in [9.17, 15) is 9.90 Å². The number of aryl methyl sites for hydroxylation is 1. The van der Waals surface area contributed by atoms with Gasteiger partial charge in [0.05, 0.1) is 6.10 Å². The lowest BCUT2D eigenvalue weighted by Crippen LogP contribution is -2.27. The molecule has 4 heteroatoms. The average molecular weight is 223 g/mol. The molecule has 0 aromatic heterocycles. The Morgan fingerprint density at radius 3 is 2.75 bits per heavy atom. The van der Waals surface area contributed by atoms with Crippen LogP contribution in [0.15, 0.2) is 18.2 Å². The van der Waals surface area contributed by atoms with E-state index in [1.54, 1.807) is 26.0 Å². The van der Waals surface area contributed by atoms with Gasteiger partial charge < -0.3 is 15.5 Å². The topological polar surface area (TPSA) is 69.6 Å². The highest BCUT2D eigenvalue weighted by Gasteiger charge is 2.08. The van der Waals surface area contributed by atoms with Crippen molar-refractivity contribution in [3.63, 3.8) is 0 Å². The zero-order chi connectivity index (χ0) is 12.1. The number of amides is 1. The molecule has 0 fully saturated rings. The molecule has 0 aliphatic heterocycles. The van der Waals surface area contributed by atoms with E-state index in [0.29, 0.717) is 18.5 Å². The number of nitrogens with one attached hydrogen (secondary N) is 1. The lowest BCUT2D eigenvalue weighted by atomic mass is 10.1. The highest BCUT2D eigenvalue weighted by molar-refractivity contribution is 5.95. The van der Waals surface area contributed by atoms with Crippen LogP contribution < -0.4 is 5.32 Å². The molecule has 0 radical (unpaired) electrons. The zero-order valence-corrected chi connectivity index (χ0v) is 9.53. The van der Waals surface area contributed by atoms with Crippen LogP contribution in [0.4, 0.5) is 0 Å². The molecule has 88 valence electrons. The number of carbonyl (C=O) groups excluding carboxylic acids is 1. The van der Waals surface area contributed by atoms with Gasteiger partial charge in [-0.25, -0.2) is 0 Å². The van der Waals surface area contributed by atoms with Crippen molar-refractivity contribution in [3.8, 4) is 5.75 Å². The van der Waals surface area contributed by atoms with Gasteiger partial charge in [-0.1, -0.05) is 0 Å². The van der Waals surface area contributed by atoms with E-state index in [2.05, 4.69) is 5.32 Å². The number of hydrogen-bond acceptors (Lipinski definition) is 3. The first-order chi connectivity index (χ1) is 7.50. The van der Waals surface area contributed by atoms with Gasteiger partial charge >= 0.3 is 0 Å². The second-order valence-corrected chi connectivity index (χ2v) is 3.89. The summed E-state index contributed by atoms with van der Waals surface area (Å²) in [6.07, 6.45) is 0.115. The Kier molecular flexibility index (Phi) is 4.31. The van der Waals surface area contributed by atoms with E-state index < -0.39 is 6.10 Å². The summed E-state index contributed by atoms with van der Waals surface area (Å²) in [5.74, 6) is -0.0313. The van der Waals surface area contributed by atoms with E-state index >= 15 is 0 Å². The van der Waals surface area contributed by atoms with Gasteiger partial charge in [0.15, 0.2) is 0 Å². The highest BCUT2D eigenvalue weighted by atomic mass is 16.3. The lowest BCUT2D eigenvalue weighted by molar-refractivity contribution is 0.0945. The van der Waals surface area contributed by atoms with Crippen molar-refractivity contribution < 1.29 is 15.0 Å². The normalized spacial score (nSPS) is 12.2. The first kappa shape index (κ1) is 12.5. The summed E-state index contributed by atoms with van der Waals surface area (Å²) in [5.41, 5.74) is 1.28. The molecule has 0 saturated carbocycles. The Morgan fingerprint density at radius 1 is 1.50 bits per heavy atom. The van der Waals surface area contributed by atoms with Crippen molar-refractivity contribution in [3.05, 3.63) is 29.3 Å². The number of aliphatic hydroxyl groups is 1. The number of carbonyl (C=O) groups is 1. The summed E-state index contributed by atoms with van der Waals surface area (Å²) in [5, 5.41) is 21.0. The third-order valence-corrected chi connectivity index (χ3v) is 2.30. The molecule has 0 bridgehead atoms. The Balaban J connectivity index is 2.59. The number of benzene rings is 1. The van der Waals surface area contributed by atoms with Gasteiger partial charge in [-0.15, -0.1) is 0 Å². The third-order valence-electron chi connectivity index (χ3n) is 2.30. The zero-order valence-electron chi connectivity index (χ0n) is 9.53. The van der Waals surface area contributed by atoms with Crippen molar-refractivity contribution in [2.75, 3.05) is 6.54 Å². The minimum atomic E-state index is -0.416. The minimum Gasteiger partial charge on any atom is -0.508 e. The van der Waals surface area contributed by atoms with Crippen molar-refractivity contribution in [1.82, 2.24) is 5.32 Å². The Morgan fingerprint density at radius 2 is 2.19 bits per heavy atom. The molecule has 0 saturated heterocycles. The number of phenols is 1. The SMILES string of the molecule is Cc1cc(O)ccc1C(=O)NCCC(C)O. The molecule has 0 aliphatic carbocycles. The van der Waals surface area contributed by atoms with Gasteiger partial charge in [0.25, 0.3) is 5.91 Å². The van der Waals surface area contributed by atoms with Crippen molar-refractivity contribution in [2.24, 2.45) is 0 Å². The fraction of sp³-hybridized carbons (Fsp3) is 0.417. The summed E-state index contributed by atoms with van der Waals surface area (Å²) in [7, 11) is 0. The average Bonchev–Trinajstić information content (AvgIpc) is 2.16. The summed E-state index contributed by atoms with van der Waals surface area (Å²) in [6, 6.07) is 4.61. The first-order valence-electron chi connectivity index (χ1n) is 5.26. The van der Waals surface area contributed by atoms with E-state index in [1.807, 2.05) is 0 Å². The van der Waals surface area contributed by atoms with Crippen LogP contribution in [0.5, 0.6) is 5.75 Å². The monoisotopic (exact) mass is 223 g/mol. The fourth-order valence-electron chi connectivity index (χ4n) is 1.39. The predicted octanol–water partition coefficient (Wildman–Crippen LogP) is 1.20.